The number of imide groups is 1. The molecule has 0 radical (unpaired) electrons. The van der Waals surface area contributed by atoms with Gasteiger partial charge in [-0.15, -0.1) is 0 Å². The first-order chi connectivity index (χ1) is 20.7. The number of urea groups is 1. The molecule has 0 bridgehead atoms. The molecule has 224 valence electrons. The Balaban J connectivity index is 1.53. The number of rotatable bonds is 11. The molecule has 0 atom stereocenters. The summed E-state index contributed by atoms with van der Waals surface area (Å²) in [6.45, 7) is 2.65. The number of aromatic nitrogens is 3. The smallest absolute Gasteiger partial charge is 0.324 e. The van der Waals surface area contributed by atoms with E-state index in [4.69, 9.17) is 21.6 Å². The van der Waals surface area contributed by atoms with Crippen LogP contribution in [0.15, 0.2) is 48.9 Å². The molecule has 43 heavy (non-hydrogen) atoms. The summed E-state index contributed by atoms with van der Waals surface area (Å²) in [7, 11) is 3.88. The molecule has 3 amide bonds. The SMILES string of the molecule is CCN(C(=O)NCCCN(C)C)C(=O)c1ccc(Nc2nccn3c(-c4ccc(OCC#N)c(F)c4F)cnc23)cc1Cl. The third-order valence-corrected chi connectivity index (χ3v) is 6.68. The number of fused-ring (bicyclic) bond motifs is 1. The van der Waals surface area contributed by atoms with Crippen LogP contribution in [0.4, 0.5) is 25.1 Å². The lowest BCUT2D eigenvalue weighted by molar-refractivity contribution is 0.0807. The second kappa shape index (κ2) is 13.9. The minimum atomic E-state index is -1.22. The Bertz CT molecular complexity index is 1690. The Labute approximate surface area is 251 Å². The van der Waals surface area contributed by atoms with Gasteiger partial charge in [0, 0.05) is 36.7 Å². The largest absolute Gasteiger partial charge is 0.476 e. The van der Waals surface area contributed by atoms with E-state index in [9.17, 15) is 18.4 Å². The van der Waals surface area contributed by atoms with Crippen LogP contribution in [0.25, 0.3) is 16.9 Å². The first-order valence-electron chi connectivity index (χ1n) is 13.3. The molecule has 0 spiro atoms. The maximum absolute atomic E-state index is 14.9. The van der Waals surface area contributed by atoms with Crippen LogP contribution in [0, 0.1) is 23.0 Å². The van der Waals surface area contributed by atoms with Gasteiger partial charge >= 0.3 is 6.03 Å². The van der Waals surface area contributed by atoms with Crippen molar-refractivity contribution >= 4 is 40.7 Å². The predicted molar refractivity (Wildman–Crippen MR) is 157 cm³/mol. The number of amides is 3. The Morgan fingerprint density at radius 2 is 1.95 bits per heavy atom. The Kier molecular flexibility index (Phi) is 10.1. The third-order valence-electron chi connectivity index (χ3n) is 6.37. The van der Waals surface area contributed by atoms with Crippen molar-refractivity contribution in [2.75, 3.05) is 45.7 Å². The van der Waals surface area contributed by atoms with E-state index in [-0.39, 0.29) is 40.0 Å². The zero-order valence-corrected chi connectivity index (χ0v) is 24.5. The number of hydrogen-bond donors (Lipinski definition) is 2. The van der Waals surface area contributed by atoms with Crippen molar-refractivity contribution in [1.82, 2.24) is 29.5 Å². The molecule has 0 saturated carbocycles. The van der Waals surface area contributed by atoms with Crippen molar-refractivity contribution < 1.29 is 23.1 Å². The number of anilines is 2. The number of hydrogen-bond acceptors (Lipinski definition) is 8. The van der Waals surface area contributed by atoms with Gasteiger partial charge in [0.15, 0.2) is 29.6 Å². The Morgan fingerprint density at radius 3 is 2.65 bits per heavy atom. The van der Waals surface area contributed by atoms with Crippen LogP contribution in [0.5, 0.6) is 5.75 Å². The van der Waals surface area contributed by atoms with E-state index in [1.165, 1.54) is 41.1 Å². The van der Waals surface area contributed by atoms with Gasteiger partial charge in [-0.25, -0.2) is 19.2 Å². The lowest BCUT2D eigenvalue weighted by Crippen LogP contribution is -2.44. The van der Waals surface area contributed by atoms with Crippen molar-refractivity contribution in [3.63, 3.8) is 0 Å². The standard InChI is InChI=1S/C29H29ClF2N8O3/c1-4-39(29(42)35-11-5-13-38(2)3)28(41)19-7-6-18(16-21(19)30)37-26-27-36-17-22(40(27)14-12-34-26)20-8-9-23(43-15-10-33)25(32)24(20)31/h6-9,12,14,16-17H,4-5,11,13,15H2,1-3H3,(H,34,37)(H,35,42). The van der Waals surface area contributed by atoms with Gasteiger partial charge in [-0.1, -0.05) is 11.6 Å². The molecule has 4 rings (SSSR count). The number of carbonyl (C=O) groups is 2. The number of imidazole rings is 1. The molecule has 2 aromatic heterocycles. The first kappa shape index (κ1) is 31.1. The predicted octanol–water partition coefficient (Wildman–Crippen LogP) is 5.10. The third kappa shape index (κ3) is 6.99. The summed E-state index contributed by atoms with van der Waals surface area (Å²) in [4.78, 5) is 37.5. The number of nitriles is 1. The van der Waals surface area contributed by atoms with E-state index in [2.05, 4.69) is 20.6 Å². The molecule has 2 heterocycles. The van der Waals surface area contributed by atoms with Gasteiger partial charge in [-0.05, 0) is 64.3 Å². The fourth-order valence-corrected chi connectivity index (χ4v) is 4.53. The summed E-state index contributed by atoms with van der Waals surface area (Å²) >= 11 is 6.47. The van der Waals surface area contributed by atoms with Crippen LogP contribution < -0.4 is 15.4 Å². The van der Waals surface area contributed by atoms with E-state index in [1.54, 1.807) is 25.3 Å². The zero-order valence-electron chi connectivity index (χ0n) is 23.7. The van der Waals surface area contributed by atoms with E-state index in [0.717, 1.165) is 17.9 Å². The van der Waals surface area contributed by atoms with Gasteiger partial charge in [0.1, 0.15) is 6.07 Å². The van der Waals surface area contributed by atoms with Gasteiger partial charge in [0.05, 0.1) is 22.5 Å². The molecule has 0 unspecified atom stereocenters. The number of halogens is 3. The van der Waals surface area contributed by atoms with Crippen molar-refractivity contribution in [3.8, 4) is 23.1 Å². The van der Waals surface area contributed by atoms with Crippen LogP contribution in [-0.2, 0) is 0 Å². The molecule has 4 aromatic rings. The Morgan fingerprint density at radius 1 is 1.16 bits per heavy atom. The Hall–Kier alpha value is -4.80. The molecule has 2 aromatic carbocycles. The van der Waals surface area contributed by atoms with Gasteiger partial charge < -0.3 is 20.3 Å². The summed E-state index contributed by atoms with van der Waals surface area (Å²) in [5, 5.41) is 14.6. The van der Waals surface area contributed by atoms with Crippen molar-refractivity contribution in [2.45, 2.75) is 13.3 Å². The van der Waals surface area contributed by atoms with E-state index in [1.807, 2.05) is 19.0 Å². The highest BCUT2D eigenvalue weighted by Gasteiger charge is 2.24. The highest BCUT2D eigenvalue weighted by atomic mass is 35.5. The van der Waals surface area contributed by atoms with Gasteiger partial charge in [0.25, 0.3) is 5.91 Å². The number of nitrogens with zero attached hydrogens (tertiary/aromatic N) is 6. The molecule has 2 N–H and O–H groups in total. The topological polar surface area (TPSA) is 128 Å². The molecule has 0 aliphatic carbocycles. The first-order valence-corrected chi connectivity index (χ1v) is 13.6. The number of nitrogens with one attached hydrogen (secondary N) is 2. The fourth-order valence-electron chi connectivity index (χ4n) is 4.27. The molecule has 0 fully saturated rings. The normalized spacial score (nSPS) is 10.9. The second-order valence-corrected chi connectivity index (χ2v) is 9.96. The molecular formula is C29H29ClF2N8O3. The number of carbonyl (C=O) groups excluding carboxylic acids is 2. The zero-order chi connectivity index (χ0) is 31.1. The molecular weight excluding hydrogens is 582 g/mol. The summed E-state index contributed by atoms with van der Waals surface area (Å²) in [6, 6.07) is 8.40. The maximum Gasteiger partial charge on any atom is 0.324 e. The minimum absolute atomic E-state index is 0.0698. The summed E-state index contributed by atoms with van der Waals surface area (Å²) in [5.74, 6) is -3.00. The average molecular weight is 611 g/mol. The lowest BCUT2D eigenvalue weighted by atomic mass is 10.1. The van der Waals surface area contributed by atoms with Crippen LogP contribution in [-0.4, -0.2) is 76.4 Å². The van der Waals surface area contributed by atoms with Crippen LogP contribution in [0.3, 0.4) is 0 Å². The average Bonchev–Trinajstić information content (AvgIpc) is 3.41. The highest BCUT2D eigenvalue weighted by Crippen LogP contribution is 2.32. The van der Waals surface area contributed by atoms with Gasteiger partial charge in [0.2, 0.25) is 5.82 Å². The summed E-state index contributed by atoms with van der Waals surface area (Å²) < 4.78 is 35.9. The van der Waals surface area contributed by atoms with Crippen LogP contribution >= 0.6 is 11.6 Å². The molecule has 0 aliphatic heterocycles. The van der Waals surface area contributed by atoms with Gasteiger partial charge in [-0.3, -0.25) is 14.1 Å². The maximum atomic E-state index is 14.9. The summed E-state index contributed by atoms with van der Waals surface area (Å²) in [6.07, 6.45) is 5.10. The van der Waals surface area contributed by atoms with Gasteiger partial charge in [-0.2, -0.15) is 9.65 Å². The molecule has 0 aliphatic rings. The van der Waals surface area contributed by atoms with Crippen LogP contribution in [0.2, 0.25) is 5.02 Å². The molecule has 11 nitrogen and oxygen atoms in total. The van der Waals surface area contributed by atoms with E-state index < -0.39 is 30.2 Å². The van der Waals surface area contributed by atoms with Crippen molar-refractivity contribution in [1.29, 1.82) is 5.26 Å². The number of ether oxygens (including phenoxy) is 1. The molecule has 14 heteroatoms. The summed E-state index contributed by atoms with van der Waals surface area (Å²) in [5.41, 5.74) is 1.11. The van der Waals surface area contributed by atoms with E-state index in [0.29, 0.717) is 17.9 Å². The monoisotopic (exact) mass is 610 g/mol. The fraction of sp³-hybridized carbons (Fsp3) is 0.276. The minimum Gasteiger partial charge on any atom is -0.476 e. The van der Waals surface area contributed by atoms with Crippen LogP contribution in [0.1, 0.15) is 23.7 Å². The highest BCUT2D eigenvalue weighted by molar-refractivity contribution is 6.34. The second-order valence-electron chi connectivity index (χ2n) is 9.56. The van der Waals surface area contributed by atoms with E-state index >= 15 is 0 Å². The lowest BCUT2D eigenvalue weighted by Gasteiger charge is -2.21. The van der Waals surface area contributed by atoms with Crippen molar-refractivity contribution in [3.05, 3.63) is 71.1 Å². The number of benzene rings is 2. The van der Waals surface area contributed by atoms with Crippen molar-refractivity contribution in [2.24, 2.45) is 0 Å². The quantitative estimate of drug-likeness (QED) is 0.225. The molecule has 0 saturated heterocycles.